The van der Waals surface area contributed by atoms with E-state index in [0.717, 1.165) is 42.4 Å². The first kappa shape index (κ1) is 20.4. The van der Waals surface area contributed by atoms with Gasteiger partial charge in [-0.3, -0.25) is 4.90 Å². The molecule has 4 rings (SSSR count). The molecule has 2 aromatic carbocycles. The molecular weight excluding hydrogens is 388 g/mol. The highest BCUT2D eigenvalue weighted by Gasteiger charge is 2.38. The molecule has 2 aliphatic rings. The molecule has 0 saturated carbocycles. The van der Waals surface area contributed by atoms with E-state index in [1.165, 1.54) is 0 Å². The summed E-state index contributed by atoms with van der Waals surface area (Å²) in [6, 6.07) is 16.6. The molecule has 0 aromatic heterocycles. The largest absolute Gasteiger partial charge is 0.445 e. The number of ether oxygens (including phenoxy) is 2. The third kappa shape index (κ3) is 4.81. The minimum atomic E-state index is -2.85. The first-order chi connectivity index (χ1) is 14.6. The molecule has 0 aliphatic carbocycles. The van der Waals surface area contributed by atoms with Crippen molar-refractivity contribution in [3.63, 3.8) is 0 Å². The number of halogens is 2. The highest BCUT2D eigenvalue weighted by molar-refractivity contribution is 5.69. The Morgan fingerprint density at radius 1 is 1.07 bits per heavy atom. The van der Waals surface area contributed by atoms with Crippen molar-refractivity contribution in [1.82, 2.24) is 4.90 Å². The predicted molar refractivity (Wildman–Crippen MR) is 109 cm³/mol. The lowest BCUT2D eigenvalue weighted by Crippen LogP contribution is -2.52. The van der Waals surface area contributed by atoms with Crippen LogP contribution in [0, 0.1) is 0 Å². The predicted octanol–water partition coefficient (Wildman–Crippen LogP) is 5.72. The third-order valence-electron chi connectivity index (χ3n) is 5.74. The summed E-state index contributed by atoms with van der Waals surface area (Å²) in [6.07, 6.45) is 5.96. The van der Waals surface area contributed by atoms with Crippen molar-refractivity contribution in [3.8, 4) is 5.75 Å². The van der Waals surface area contributed by atoms with Gasteiger partial charge in [0.25, 0.3) is 0 Å². The number of carbonyl (C=O) groups is 1. The second kappa shape index (κ2) is 9.28. The molecular formula is C24H25F2NO3. The Balaban J connectivity index is 1.45. The summed E-state index contributed by atoms with van der Waals surface area (Å²) in [5.41, 5.74) is 2.85. The number of nitrogens with zero attached hydrogens (tertiary/aromatic N) is 1. The highest BCUT2D eigenvalue weighted by Crippen LogP contribution is 2.36. The molecule has 6 heteroatoms. The van der Waals surface area contributed by atoms with Gasteiger partial charge in [-0.15, -0.1) is 0 Å². The van der Waals surface area contributed by atoms with Crippen molar-refractivity contribution in [2.75, 3.05) is 0 Å². The van der Waals surface area contributed by atoms with Crippen LogP contribution in [0.1, 0.15) is 36.8 Å². The van der Waals surface area contributed by atoms with E-state index in [1.807, 2.05) is 47.4 Å². The normalized spacial score (nSPS) is 20.6. The van der Waals surface area contributed by atoms with Gasteiger partial charge in [-0.25, -0.2) is 4.79 Å². The lowest BCUT2D eigenvalue weighted by Gasteiger charge is -2.44. The molecule has 0 spiro atoms. The van der Waals surface area contributed by atoms with E-state index >= 15 is 0 Å². The van der Waals surface area contributed by atoms with Crippen LogP contribution in [0.5, 0.6) is 5.75 Å². The second-order valence-electron chi connectivity index (χ2n) is 7.79. The van der Waals surface area contributed by atoms with Crippen LogP contribution in [-0.4, -0.2) is 29.7 Å². The van der Waals surface area contributed by atoms with E-state index in [4.69, 9.17) is 4.74 Å². The molecule has 2 bridgehead atoms. The standard InChI is InChI=1S/C24H25F2NO3/c25-23(26)30-22-12-5-4-9-19(22)13-18-14-20-10-6-11-21(15-18)27(20)24(28)29-16-17-7-2-1-3-8-17/h1-5,7-9,12,14,20-21,23H,6,10-11,13,15-16H2. The van der Waals surface area contributed by atoms with Crippen LogP contribution in [0.25, 0.3) is 0 Å². The number of rotatable bonds is 6. The van der Waals surface area contributed by atoms with Crippen LogP contribution in [0.2, 0.25) is 0 Å². The van der Waals surface area contributed by atoms with Gasteiger partial charge >= 0.3 is 12.7 Å². The van der Waals surface area contributed by atoms with Crippen molar-refractivity contribution in [2.24, 2.45) is 0 Å². The molecule has 2 unspecified atom stereocenters. The average molecular weight is 413 g/mol. The fraction of sp³-hybridized carbons (Fsp3) is 0.375. The van der Waals surface area contributed by atoms with Gasteiger partial charge in [0.2, 0.25) is 0 Å². The quantitative estimate of drug-likeness (QED) is 0.569. The fourth-order valence-electron chi connectivity index (χ4n) is 4.43. The Labute approximate surface area is 175 Å². The molecule has 1 saturated heterocycles. The van der Waals surface area contributed by atoms with E-state index in [9.17, 15) is 13.6 Å². The minimum Gasteiger partial charge on any atom is -0.445 e. The molecule has 1 fully saturated rings. The lowest BCUT2D eigenvalue weighted by atomic mass is 9.83. The topological polar surface area (TPSA) is 38.8 Å². The molecule has 2 aromatic rings. The van der Waals surface area contributed by atoms with E-state index in [-0.39, 0.29) is 30.5 Å². The number of fused-ring (bicyclic) bond motifs is 2. The van der Waals surface area contributed by atoms with Crippen molar-refractivity contribution in [1.29, 1.82) is 0 Å². The number of piperidine rings is 1. The van der Waals surface area contributed by atoms with Gasteiger partial charge in [0.15, 0.2) is 0 Å². The van der Waals surface area contributed by atoms with E-state index in [2.05, 4.69) is 10.8 Å². The van der Waals surface area contributed by atoms with Crippen molar-refractivity contribution in [3.05, 3.63) is 77.4 Å². The van der Waals surface area contributed by atoms with Crippen LogP contribution in [0.4, 0.5) is 13.6 Å². The summed E-state index contributed by atoms with van der Waals surface area (Å²) in [7, 11) is 0. The number of amides is 1. The lowest BCUT2D eigenvalue weighted by molar-refractivity contribution is -0.0504. The molecule has 0 N–H and O–H groups in total. The van der Waals surface area contributed by atoms with Gasteiger partial charge in [0.1, 0.15) is 12.4 Å². The van der Waals surface area contributed by atoms with Gasteiger partial charge in [0, 0.05) is 6.04 Å². The summed E-state index contributed by atoms with van der Waals surface area (Å²) >= 11 is 0. The Kier molecular flexibility index (Phi) is 6.31. The Hall–Kier alpha value is -2.89. The maximum Gasteiger partial charge on any atom is 0.410 e. The van der Waals surface area contributed by atoms with Gasteiger partial charge < -0.3 is 9.47 Å². The van der Waals surface area contributed by atoms with E-state index < -0.39 is 6.61 Å². The molecule has 1 amide bonds. The highest BCUT2D eigenvalue weighted by atomic mass is 19.3. The van der Waals surface area contributed by atoms with Gasteiger partial charge in [-0.2, -0.15) is 8.78 Å². The summed E-state index contributed by atoms with van der Waals surface area (Å²) in [5.74, 6) is 0.211. The van der Waals surface area contributed by atoms with Crippen molar-refractivity contribution < 1.29 is 23.0 Å². The Bertz CT molecular complexity index is 900. The van der Waals surface area contributed by atoms with Gasteiger partial charge in [-0.1, -0.05) is 60.2 Å². The third-order valence-corrected chi connectivity index (χ3v) is 5.74. The maximum atomic E-state index is 12.8. The van der Waals surface area contributed by atoms with Crippen LogP contribution in [0.15, 0.2) is 66.2 Å². The zero-order valence-corrected chi connectivity index (χ0v) is 16.7. The molecule has 0 radical (unpaired) electrons. The number of alkyl halides is 2. The van der Waals surface area contributed by atoms with Gasteiger partial charge in [0.05, 0.1) is 6.04 Å². The summed E-state index contributed by atoms with van der Waals surface area (Å²) < 4.78 is 35.7. The van der Waals surface area contributed by atoms with Crippen LogP contribution in [-0.2, 0) is 17.8 Å². The molecule has 2 atom stereocenters. The first-order valence-corrected chi connectivity index (χ1v) is 10.3. The Morgan fingerprint density at radius 2 is 1.83 bits per heavy atom. The summed E-state index contributed by atoms with van der Waals surface area (Å²) in [6.45, 7) is -2.59. The van der Waals surface area contributed by atoms with Crippen LogP contribution >= 0.6 is 0 Å². The zero-order chi connectivity index (χ0) is 20.9. The number of hydrogen-bond acceptors (Lipinski definition) is 3. The summed E-state index contributed by atoms with van der Waals surface area (Å²) in [4.78, 5) is 14.7. The van der Waals surface area contributed by atoms with E-state index in [1.54, 1.807) is 12.1 Å². The Morgan fingerprint density at radius 3 is 2.60 bits per heavy atom. The first-order valence-electron chi connectivity index (χ1n) is 10.3. The average Bonchev–Trinajstić information content (AvgIpc) is 2.73. The SMILES string of the molecule is O=C(OCc1ccccc1)N1C2C=C(Cc3ccccc3OC(F)F)CC1CCC2. The molecule has 2 aliphatic heterocycles. The number of para-hydroxylation sites is 1. The number of benzene rings is 2. The molecule has 2 heterocycles. The zero-order valence-electron chi connectivity index (χ0n) is 16.7. The van der Waals surface area contributed by atoms with Crippen molar-refractivity contribution in [2.45, 2.75) is 57.4 Å². The summed E-state index contributed by atoms with van der Waals surface area (Å²) in [5, 5.41) is 0. The molecule has 158 valence electrons. The number of carbonyl (C=O) groups excluding carboxylic acids is 1. The minimum absolute atomic E-state index is 0.0149. The van der Waals surface area contributed by atoms with E-state index in [0.29, 0.717) is 6.42 Å². The smallest absolute Gasteiger partial charge is 0.410 e. The molecule has 30 heavy (non-hydrogen) atoms. The molecule has 4 nitrogen and oxygen atoms in total. The number of hydrogen-bond donors (Lipinski definition) is 0. The second-order valence-corrected chi connectivity index (χ2v) is 7.79. The monoisotopic (exact) mass is 413 g/mol. The van der Waals surface area contributed by atoms with Crippen molar-refractivity contribution >= 4 is 6.09 Å². The maximum absolute atomic E-state index is 12.8. The van der Waals surface area contributed by atoms with Crippen LogP contribution in [0.3, 0.4) is 0 Å². The van der Waals surface area contributed by atoms with Gasteiger partial charge in [-0.05, 0) is 49.3 Å². The fourth-order valence-corrected chi connectivity index (χ4v) is 4.43. The van der Waals surface area contributed by atoms with Crippen LogP contribution < -0.4 is 4.74 Å².